The summed E-state index contributed by atoms with van der Waals surface area (Å²) >= 11 is 0. The number of anilines is 1. The Morgan fingerprint density at radius 1 is 1.03 bits per heavy atom. The lowest BCUT2D eigenvalue weighted by molar-refractivity contribution is 0.177. The lowest BCUT2D eigenvalue weighted by Crippen LogP contribution is -2.45. The third-order valence-corrected chi connectivity index (χ3v) is 5.83. The molecule has 3 aromatic rings. The highest BCUT2D eigenvalue weighted by Crippen LogP contribution is 2.24. The van der Waals surface area contributed by atoms with Crippen molar-refractivity contribution in [3.05, 3.63) is 60.2 Å². The minimum absolute atomic E-state index is 0.0711. The van der Waals surface area contributed by atoms with E-state index >= 15 is 0 Å². The van der Waals surface area contributed by atoms with Crippen LogP contribution in [0, 0.1) is 0 Å². The van der Waals surface area contributed by atoms with Gasteiger partial charge < -0.3 is 14.9 Å². The van der Waals surface area contributed by atoms with Crippen molar-refractivity contribution in [2.45, 2.75) is 6.54 Å². The van der Waals surface area contributed by atoms with Crippen LogP contribution in [0.25, 0.3) is 11.4 Å². The summed E-state index contributed by atoms with van der Waals surface area (Å²) in [5, 5.41) is 13.4. The first-order valence-electron chi connectivity index (χ1n) is 10.7. The number of nitrogens with zero attached hydrogens (tertiary/aromatic N) is 6. The van der Waals surface area contributed by atoms with E-state index in [1.54, 1.807) is 11.7 Å². The van der Waals surface area contributed by atoms with Crippen LogP contribution in [0.1, 0.15) is 5.56 Å². The standard InChI is InChI=1S/C23H30N6O2/c1-25(16-17-30)23(31)29-24-22(26(29)2)20-8-10-21(11-9-20)28-14-12-27(13-15-28)18-19-6-4-3-5-7-19/h3-11,30H,12-18H2,1-2H3. The van der Waals surface area contributed by atoms with Gasteiger partial charge in [0.15, 0.2) is 5.82 Å². The number of rotatable bonds is 6. The van der Waals surface area contributed by atoms with Gasteiger partial charge in [-0.3, -0.25) is 4.90 Å². The molecule has 1 aliphatic rings. The summed E-state index contributed by atoms with van der Waals surface area (Å²) in [6.45, 7) is 5.32. The van der Waals surface area contributed by atoms with Crippen molar-refractivity contribution in [3.8, 4) is 11.4 Å². The number of likely N-dealkylation sites (N-methyl/N-ethyl adjacent to an activating group) is 1. The zero-order valence-electron chi connectivity index (χ0n) is 18.2. The second-order valence-electron chi connectivity index (χ2n) is 7.96. The van der Waals surface area contributed by atoms with Gasteiger partial charge in [-0.2, -0.15) is 0 Å². The van der Waals surface area contributed by atoms with Gasteiger partial charge in [0.2, 0.25) is 0 Å². The number of benzene rings is 2. The topological polar surface area (TPSA) is 69.8 Å². The van der Waals surface area contributed by atoms with Crippen molar-refractivity contribution in [2.24, 2.45) is 7.05 Å². The van der Waals surface area contributed by atoms with Crippen LogP contribution >= 0.6 is 0 Å². The second kappa shape index (κ2) is 9.36. The van der Waals surface area contributed by atoms with Crippen molar-refractivity contribution in [1.82, 2.24) is 24.4 Å². The smallest absolute Gasteiger partial charge is 0.360 e. The lowest BCUT2D eigenvalue weighted by Gasteiger charge is -2.36. The second-order valence-corrected chi connectivity index (χ2v) is 7.96. The summed E-state index contributed by atoms with van der Waals surface area (Å²) in [6.07, 6.45) is 0. The summed E-state index contributed by atoms with van der Waals surface area (Å²) in [5.74, 6) is 0.755. The molecule has 2 aromatic carbocycles. The average Bonchev–Trinajstić information content (AvgIpc) is 2.80. The molecule has 1 amide bonds. The van der Waals surface area contributed by atoms with Gasteiger partial charge in [-0.1, -0.05) is 30.3 Å². The fraction of sp³-hybridized carbons (Fsp3) is 0.391. The first-order chi connectivity index (χ1) is 15.1. The molecule has 31 heavy (non-hydrogen) atoms. The summed E-state index contributed by atoms with van der Waals surface area (Å²) in [6, 6.07) is 18.7. The predicted molar refractivity (Wildman–Crippen MR) is 121 cm³/mol. The van der Waals surface area contributed by atoms with E-state index in [2.05, 4.69) is 69.5 Å². The highest BCUT2D eigenvalue weighted by molar-refractivity contribution is 5.76. The Kier molecular flexibility index (Phi) is 6.39. The Morgan fingerprint density at radius 3 is 2.32 bits per heavy atom. The van der Waals surface area contributed by atoms with Gasteiger partial charge in [-0.05, 0) is 29.8 Å². The number of hydrogen-bond donors (Lipinski definition) is 1. The number of carbonyl (C=O) groups is 1. The Balaban J connectivity index is 1.34. The van der Waals surface area contributed by atoms with E-state index in [-0.39, 0.29) is 19.2 Å². The van der Waals surface area contributed by atoms with E-state index in [0.717, 1.165) is 44.1 Å². The van der Waals surface area contributed by atoms with Gasteiger partial charge in [0.25, 0.3) is 0 Å². The van der Waals surface area contributed by atoms with Crippen LogP contribution < -0.4 is 4.90 Å². The maximum Gasteiger partial charge on any atom is 0.360 e. The number of aromatic nitrogens is 3. The molecular formula is C23H30N6O2. The van der Waals surface area contributed by atoms with E-state index < -0.39 is 0 Å². The Labute approximate surface area is 182 Å². The SMILES string of the molecule is CN(CCO)C(=O)n1nc(-c2ccc(N3CCN(Cc4ccccc4)CC3)cc2)n1C. The van der Waals surface area contributed by atoms with E-state index in [4.69, 9.17) is 5.11 Å². The zero-order valence-corrected chi connectivity index (χ0v) is 18.2. The number of hydrogen-bond acceptors (Lipinski definition) is 5. The van der Waals surface area contributed by atoms with Crippen LogP contribution in [0.15, 0.2) is 54.6 Å². The van der Waals surface area contributed by atoms with Crippen molar-refractivity contribution in [3.63, 3.8) is 0 Å². The fourth-order valence-electron chi connectivity index (χ4n) is 3.91. The van der Waals surface area contributed by atoms with Crippen LogP contribution in [0.3, 0.4) is 0 Å². The third kappa shape index (κ3) is 4.65. The minimum Gasteiger partial charge on any atom is -0.395 e. The molecule has 0 bridgehead atoms. The van der Waals surface area contributed by atoms with Crippen molar-refractivity contribution in [2.75, 3.05) is 51.3 Å². The number of aliphatic hydroxyl groups excluding tert-OH is 1. The van der Waals surface area contributed by atoms with Crippen molar-refractivity contribution >= 4 is 11.7 Å². The molecule has 8 heteroatoms. The average molecular weight is 423 g/mol. The molecule has 0 radical (unpaired) electrons. The van der Waals surface area contributed by atoms with Gasteiger partial charge in [-0.25, -0.2) is 9.48 Å². The molecule has 0 atom stereocenters. The molecule has 1 N–H and O–H groups in total. The van der Waals surface area contributed by atoms with Crippen molar-refractivity contribution in [1.29, 1.82) is 0 Å². The molecule has 1 aromatic heterocycles. The summed E-state index contributed by atoms with van der Waals surface area (Å²) < 4.78 is 1.73. The van der Waals surface area contributed by atoms with Gasteiger partial charge >= 0.3 is 6.03 Å². The summed E-state index contributed by atoms with van der Waals surface area (Å²) in [4.78, 5) is 20.0. The van der Waals surface area contributed by atoms with Gasteiger partial charge in [0, 0.05) is 64.6 Å². The van der Waals surface area contributed by atoms with Crippen LogP contribution in [0.5, 0.6) is 0 Å². The molecule has 0 unspecified atom stereocenters. The van der Waals surface area contributed by atoms with Gasteiger partial charge in [0.05, 0.1) is 6.61 Å². The first kappa shape index (κ1) is 21.1. The molecule has 1 saturated heterocycles. The summed E-state index contributed by atoms with van der Waals surface area (Å²) in [7, 11) is 3.46. The first-order valence-corrected chi connectivity index (χ1v) is 10.7. The summed E-state index contributed by atoms with van der Waals surface area (Å²) in [5.41, 5.74) is 3.55. The normalized spacial score (nSPS) is 14.7. The van der Waals surface area contributed by atoms with E-state index in [1.165, 1.54) is 20.9 Å². The number of aliphatic hydroxyl groups is 1. The minimum atomic E-state index is -0.259. The molecular weight excluding hydrogens is 392 g/mol. The maximum absolute atomic E-state index is 12.3. The number of carbonyl (C=O) groups excluding carboxylic acids is 1. The van der Waals surface area contributed by atoms with Crippen LogP contribution in [0.2, 0.25) is 0 Å². The lowest BCUT2D eigenvalue weighted by atomic mass is 10.1. The highest BCUT2D eigenvalue weighted by Gasteiger charge is 2.21. The molecule has 8 nitrogen and oxygen atoms in total. The van der Waals surface area contributed by atoms with Crippen LogP contribution in [0.4, 0.5) is 10.5 Å². The van der Waals surface area contributed by atoms with Gasteiger partial charge in [-0.15, -0.1) is 9.90 Å². The van der Waals surface area contributed by atoms with Crippen molar-refractivity contribution < 1.29 is 9.90 Å². The Hall–Kier alpha value is -3.10. The molecule has 0 saturated carbocycles. The molecule has 2 heterocycles. The maximum atomic E-state index is 12.3. The Morgan fingerprint density at radius 2 is 1.71 bits per heavy atom. The molecule has 164 valence electrons. The molecule has 0 aliphatic carbocycles. The van der Waals surface area contributed by atoms with Crippen LogP contribution in [-0.4, -0.2) is 81.9 Å². The quantitative estimate of drug-likeness (QED) is 0.659. The van der Waals surface area contributed by atoms with E-state index in [0.29, 0.717) is 0 Å². The Bertz CT molecular complexity index is 987. The van der Waals surface area contributed by atoms with Gasteiger partial charge in [0.1, 0.15) is 0 Å². The molecule has 0 spiro atoms. The number of amides is 1. The van der Waals surface area contributed by atoms with E-state index in [1.807, 2.05) is 7.05 Å². The molecule has 1 fully saturated rings. The fourth-order valence-corrected chi connectivity index (χ4v) is 3.91. The predicted octanol–water partition coefficient (Wildman–Crippen LogP) is 2.10. The molecule has 4 rings (SSSR count). The largest absolute Gasteiger partial charge is 0.395 e. The third-order valence-electron chi connectivity index (χ3n) is 5.83. The number of piperazine rings is 1. The monoisotopic (exact) mass is 422 g/mol. The van der Waals surface area contributed by atoms with Crippen LogP contribution in [-0.2, 0) is 13.6 Å². The van der Waals surface area contributed by atoms with E-state index in [9.17, 15) is 4.79 Å². The molecule has 1 aliphatic heterocycles. The highest BCUT2D eigenvalue weighted by atomic mass is 16.3. The zero-order chi connectivity index (χ0) is 21.8.